The SMILES string of the molecule is O=C(CCc1ccccc1)Nc1nc(C(=O)NCc2cccnc2)cs1. The average molecular weight is 366 g/mol. The number of pyridine rings is 1. The van der Waals surface area contributed by atoms with Gasteiger partial charge in [0.05, 0.1) is 0 Å². The summed E-state index contributed by atoms with van der Waals surface area (Å²) in [6.45, 7) is 0.378. The first-order valence-corrected chi connectivity index (χ1v) is 9.05. The Bertz CT molecular complexity index is 866. The van der Waals surface area contributed by atoms with Crippen molar-refractivity contribution >= 4 is 28.3 Å². The molecule has 2 N–H and O–H groups in total. The van der Waals surface area contributed by atoms with E-state index < -0.39 is 0 Å². The summed E-state index contributed by atoms with van der Waals surface area (Å²) in [6.07, 6.45) is 4.40. The van der Waals surface area contributed by atoms with Gasteiger partial charge in [-0.25, -0.2) is 4.98 Å². The molecule has 0 atom stereocenters. The van der Waals surface area contributed by atoms with E-state index in [1.165, 1.54) is 11.3 Å². The fourth-order valence-corrected chi connectivity index (χ4v) is 3.00. The minimum absolute atomic E-state index is 0.120. The molecule has 0 saturated carbocycles. The van der Waals surface area contributed by atoms with Gasteiger partial charge in [-0.05, 0) is 23.6 Å². The van der Waals surface area contributed by atoms with Crippen LogP contribution >= 0.6 is 11.3 Å². The highest BCUT2D eigenvalue weighted by molar-refractivity contribution is 7.14. The Morgan fingerprint density at radius 2 is 1.85 bits per heavy atom. The third-order valence-electron chi connectivity index (χ3n) is 3.64. The third-order valence-corrected chi connectivity index (χ3v) is 4.40. The molecular weight excluding hydrogens is 348 g/mol. The molecule has 3 aromatic rings. The number of hydrogen-bond acceptors (Lipinski definition) is 5. The van der Waals surface area contributed by atoms with Gasteiger partial charge in [-0.2, -0.15) is 0 Å². The van der Waals surface area contributed by atoms with Crippen LogP contribution in [0.3, 0.4) is 0 Å². The maximum absolute atomic E-state index is 12.1. The number of carbonyl (C=O) groups is 2. The van der Waals surface area contributed by atoms with Crippen molar-refractivity contribution in [3.05, 3.63) is 77.1 Å². The van der Waals surface area contributed by atoms with E-state index in [0.717, 1.165) is 11.1 Å². The van der Waals surface area contributed by atoms with Gasteiger partial charge in [0.15, 0.2) is 5.13 Å². The largest absolute Gasteiger partial charge is 0.347 e. The van der Waals surface area contributed by atoms with Crippen molar-refractivity contribution < 1.29 is 9.59 Å². The van der Waals surface area contributed by atoms with Gasteiger partial charge < -0.3 is 10.6 Å². The van der Waals surface area contributed by atoms with E-state index in [4.69, 9.17) is 0 Å². The predicted octanol–water partition coefficient (Wildman–Crippen LogP) is 3.04. The molecule has 3 rings (SSSR count). The number of nitrogens with one attached hydrogen (secondary N) is 2. The second-order valence-corrected chi connectivity index (χ2v) is 6.47. The van der Waals surface area contributed by atoms with E-state index >= 15 is 0 Å². The number of aryl methyl sites for hydroxylation is 1. The van der Waals surface area contributed by atoms with Gasteiger partial charge in [-0.1, -0.05) is 36.4 Å². The number of aromatic nitrogens is 2. The molecule has 7 heteroatoms. The Hall–Kier alpha value is -3.06. The number of hydrogen-bond donors (Lipinski definition) is 2. The molecule has 2 aromatic heterocycles. The van der Waals surface area contributed by atoms with Gasteiger partial charge in [0.25, 0.3) is 5.91 Å². The summed E-state index contributed by atoms with van der Waals surface area (Å²) in [4.78, 5) is 32.3. The Morgan fingerprint density at radius 1 is 1.04 bits per heavy atom. The molecule has 0 unspecified atom stereocenters. The first-order valence-electron chi connectivity index (χ1n) is 8.17. The van der Waals surface area contributed by atoms with E-state index in [1.54, 1.807) is 17.8 Å². The normalized spacial score (nSPS) is 10.3. The van der Waals surface area contributed by atoms with Gasteiger partial charge in [-0.3, -0.25) is 14.6 Å². The first kappa shape index (κ1) is 17.8. The molecule has 1 aromatic carbocycles. The molecule has 0 radical (unpaired) electrons. The molecule has 0 spiro atoms. The standard InChI is InChI=1S/C19H18N4O2S/c24-17(9-8-14-5-2-1-3-6-14)23-19-22-16(13-26-19)18(25)21-12-15-7-4-10-20-11-15/h1-7,10-11,13H,8-9,12H2,(H,21,25)(H,22,23,24). The van der Waals surface area contributed by atoms with Crippen molar-refractivity contribution in [1.82, 2.24) is 15.3 Å². The average Bonchev–Trinajstić information content (AvgIpc) is 3.14. The zero-order chi connectivity index (χ0) is 18.2. The molecular formula is C19H18N4O2S. The van der Waals surface area contributed by atoms with E-state index in [1.807, 2.05) is 42.5 Å². The number of anilines is 1. The summed E-state index contributed by atoms with van der Waals surface area (Å²) in [5.41, 5.74) is 2.31. The molecule has 2 heterocycles. The van der Waals surface area contributed by atoms with E-state index in [2.05, 4.69) is 20.6 Å². The number of benzene rings is 1. The molecule has 0 saturated heterocycles. The fourth-order valence-electron chi connectivity index (χ4n) is 2.30. The molecule has 0 aliphatic carbocycles. The third kappa shape index (κ3) is 5.22. The van der Waals surface area contributed by atoms with Gasteiger partial charge >= 0.3 is 0 Å². The zero-order valence-corrected chi connectivity index (χ0v) is 14.8. The molecule has 132 valence electrons. The second kappa shape index (κ2) is 8.87. The van der Waals surface area contributed by atoms with Crippen LogP contribution < -0.4 is 10.6 Å². The molecule has 0 fully saturated rings. The number of rotatable bonds is 7. The lowest BCUT2D eigenvalue weighted by Gasteiger charge is -2.03. The van der Waals surface area contributed by atoms with Crippen molar-refractivity contribution in [3.8, 4) is 0 Å². The zero-order valence-electron chi connectivity index (χ0n) is 14.0. The van der Waals surface area contributed by atoms with Crippen LogP contribution in [0.1, 0.15) is 28.0 Å². The monoisotopic (exact) mass is 366 g/mol. The van der Waals surface area contributed by atoms with Crippen LogP contribution in [0.5, 0.6) is 0 Å². The van der Waals surface area contributed by atoms with Crippen LogP contribution in [-0.2, 0) is 17.8 Å². The Balaban J connectivity index is 1.47. The molecule has 0 aliphatic rings. The summed E-state index contributed by atoms with van der Waals surface area (Å²) in [5, 5.41) is 7.58. The summed E-state index contributed by atoms with van der Waals surface area (Å²) >= 11 is 1.23. The minimum atomic E-state index is -0.283. The van der Waals surface area contributed by atoms with Crippen molar-refractivity contribution in [1.29, 1.82) is 0 Å². The summed E-state index contributed by atoms with van der Waals surface area (Å²) < 4.78 is 0. The number of amides is 2. The van der Waals surface area contributed by atoms with Crippen LogP contribution in [0.2, 0.25) is 0 Å². The minimum Gasteiger partial charge on any atom is -0.347 e. The maximum Gasteiger partial charge on any atom is 0.271 e. The van der Waals surface area contributed by atoms with Crippen molar-refractivity contribution in [2.75, 3.05) is 5.32 Å². The topological polar surface area (TPSA) is 84.0 Å². The van der Waals surface area contributed by atoms with Crippen LogP contribution in [0.15, 0.2) is 60.2 Å². The van der Waals surface area contributed by atoms with Gasteiger partial charge in [-0.15, -0.1) is 11.3 Å². The van der Waals surface area contributed by atoms with Gasteiger partial charge in [0.2, 0.25) is 5.91 Å². The van der Waals surface area contributed by atoms with Crippen LogP contribution in [0.4, 0.5) is 5.13 Å². The van der Waals surface area contributed by atoms with Crippen molar-refractivity contribution in [3.63, 3.8) is 0 Å². The number of nitrogens with zero attached hydrogens (tertiary/aromatic N) is 2. The molecule has 0 aliphatic heterocycles. The van der Waals surface area contributed by atoms with Crippen LogP contribution in [-0.4, -0.2) is 21.8 Å². The quantitative estimate of drug-likeness (QED) is 0.673. The smallest absolute Gasteiger partial charge is 0.271 e. The Morgan fingerprint density at radius 3 is 2.62 bits per heavy atom. The highest BCUT2D eigenvalue weighted by Gasteiger charge is 2.12. The second-order valence-electron chi connectivity index (χ2n) is 5.62. The van der Waals surface area contributed by atoms with E-state index in [9.17, 15) is 9.59 Å². The van der Waals surface area contributed by atoms with E-state index in [-0.39, 0.29) is 17.5 Å². The first-order chi connectivity index (χ1) is 12.7. The Labute approximate surface area is 155 Å². The highest BCUT2D eigenvalue weighted by Crippen LogP contribution is 2.16. The van der Waals surface area contributed by atoms with Crippen molar-refractivity contribution in [2.45, 2.75) is 19.4 Å². The van der Waals surface area contributed by atoms with Gasteiger partial charge in [0, 0.05) is 30.7 Å². The maximum atomic E-state index is 12.1. The van der Waals surface area contributed by atoms with Crippen LogP contribution in [0.25, 0.3) is 0 Å². The van der Waals surface area contributed by atoms with Gasteiger partial charge in [0.1, 0.15) is 5.69 Å². The lowest BCUT2D eigenvalue weighted by Crippen LogP contribution is -2.23. The van der Waals surface area contributed by atoms with Crippen molar-refractivity contribution in [2.24, 2.45) is 0 Å². The highest BCUT2D eigenvalue weighted by atomic mass is 32.1. The lowest BCUT2D eigenvalue weighted by atomic mass is 10.1. The van der Waals surface area contributed by atoms with Crippen LogP contribution in [0, 0.1) is 0 Å². The number of carbonyl (C=O) groups excluding carboxylic acids is 2. The van der Waals surface area contributed by atoms with E-state index in [0.29, 0.717) is 24.5 Å². The lowest BCUT2D eigenvalue weighted by molar-refractivity contribution is -0.116. The summed E-state index contributed by atoms with van der Waals surface area (Å²) in [5.74, 6) is -0.402. The summed E-state index contributed by atoms with van der Waals surface area (Å²) in [6, 6.07) is 13.5. The predicted molar refractivity (Wildman–Crippen MR) is 101 cm³/mol. The number of thiazole rings is 1. The molecule has 6 nitrogen and oxygen atoms in total. The summed E-state index contributed by atoms with van der Waals surface area (Å²) in [7, 11) is 0. The molecule has 0 bridgehead atoms. The fraction of sp³-hybridized carbons (Fsp3) is 0.158. The Kier molecular flexibility index (Phi) is 6.05. The molecule has 2 amide bonds. The molecule has 26 heavy (non-hydrogen) atoms.